The normalized spacial score (nSPS) is 15.0. The van der Waals surface area contributed by atoms with Crippen LogP contribution in [-0.2, 0) is 13.0 Å². The zero-order chi connectivity index (χ0) is 19.1. The van der Waals surface area contributed by atoms with Gasteiger partial charge < -0.3 is 16.0 Å². The molecule has 0 aliphatic carbocycles. The monoisotopic (exact) mass is 492 g/mol. The Kier molecular flexibility index (Phi) is 8.76. The van der Waals surface area contributed by atoms with Crippen molar-refractivity contribution >= 4 is 35.8 Å². The number of piperidine rings is 1. The first kappa shape index (κ1) is 22.2. The van der Waals surface area contributed by atoms with Gasteiger partial charge >= 0.3 is 0 Å². The van der Waals surface area contributed by atoms with Crippen LogP contribution in [0.4, 0.5) is 0 Å². The van der Waals surface area contributed by atoms with Crippen molar-refractivity contribution in [3.05, 3.63) is 71.3 Å². The van der Waals surface area contributed by atoms with Gasteiger partial charge in [-0.3, -0.25) is 9.79 Å². The minimum atomic E-state index is -0.399. The molecule has 0 spiro atoms. The number of halogens is 1. The molecule has 1 aliphatic heterocycles. The Morgan fingerprint density at radius 1 is 1.07 bits per heavy atom. The first-order valence-electron chi connectivity index (χ1n) is 9.54. The molecule has 2 aromatic carbocycles. The number of carbonyl (C=O) groups excluding carboxylic acids is 1. The summed E-state index contributed by atoms with van der Waals surface area (Å²) < 4.78 is 0. The molecular weight excluding hydrogens is 463 g/mol. The Balaban J connectivity index is 0.00000280. The van der Waals surface area contributed by atoms with Crippen molar-refractivity contribution in [3.8, 4) is 0 Å². The van der Waals surface area contributed by atoms with E-state index in [1.807, 2.05) is 19.2 Å². The van der Waals surface area contributed by atoms with E-state index >= 15 is 0 Å². The summed E-state index contributed by atoms with van der Waals surface area (Å²) in [7, 11) is 1.83. The van der Waals surface area contributed by atoms with E-state index < -0.39 is 5.91 Å². The zero-order valence-corrected chi connectivity index (χ0v) is 18.6. The van der Waals surface area contributed by atoms with Crippen molar-refractivity contribution in [2.24, 2.45) is 16.6 Å². The number of likely N-dealkylation sites (tertiary alicyclic amines) is 1. The fourth-order valence-electron chi connectivity index (χ4n) is 3.60. The van der Waals surface area contributed by atoms with Gasteiger partial charge in [0.2, 0.25) is 5.91 Å². The lowest BCUT2D eigenvalue weighted by atomic mass is 9.90. The molecule has 5 nitrogen and oxygen atoms in total. The lowest BCUT2D eigenvalue weighted by Crippen LogP contribution is -2.45. The summed E-state index contributed by atoms with van der Waals surface area (Å²) in [6.07, 6.45) is 3.53. The quantitative estimate of drug-likeness (QED) is 0.382. The lowest BCUT2D eigenvalue weighted by Gasteiger charge is -2.34. The summed E-state index contributed by atoms with van der Waals surface area (Å²) in [5.74, 6) is 1.28. The maximum absolute atomic E-state index is 11.2. The van der Waals surface area contributed by atoms with E-state index in [1.54, 1.807) is 12.1 Å². The minimum Gasteiger partial charge on any atom is -0.366 e. The van der Waals surface area contributed by atoms with Gasteiger partial charge in [-0.05, 0) is 48.4 Å². The Bertz CT molecular complexity index is 769. The number of rotatable bonds is 5. The molecule has 6 heteroatoms. The maximum Gasteiger partial charge on any atom is 0.248 e. The topological polar surface area (TPSA) is 70.7 Å². The molecule has 28 heavy (non-hydrogen) atoms. The van der Waals surface area contributed by atoms with Crippen molar-refractivity contribution in [2.75, 3.05) is 20.1 Å². The molecule has 0 unspecified atom stereocenters. The summed E-state index contributed by atoms with van der Waals surface area (Å²) in [5, 5.41) is 3.43. The van der Waals surface area contributed by atoms with Crippen LogP contribution in [0.15, 0.2) is 59.6 Å². The number of nitrogens with one attached hydrogen (secondary N) is 1. The van der Waals surface area contributed by atoms with Gasteiger partial charge in [-0.1, -0.05) is 42.5 Å². The molecule has 150 valence electrons. The molecule has 1 aliphatic rings. The third-order valence-corrected chi connectivity index (χ3v) is 5.18. The van der Waals surface area contributed by atoms with E-state index in [1.165, 1.54) is 18.4 Å². The Morgan fingerprint density at radius 3 is 2.29 bits per heavy atom. The highest BCUT2D eigenvalue weighted by atomic mass is 127. The zero-order valence-electron chi connectivity index (χ0n) is 16.3. The number of benzene rings is 2. The van der Waals surface area contributed by atoms with E-state index in [0.29, 0.717) is 12.1 Å². The molecule has 0 radical (unpaired) electrons. The molecule has 0 aromatic heterocycles. The largest absolute Gasteiger partial charge is 0.366 e. The second-order valence-corrected chi connectivity index (χ2v) is 7.08. The standard InChI is InChI=1S/C22H28N4O.HI/c1-24-22(25-16-19-7-9-20(10-8-19)21(23)27)26-13-11-18(12-14-26)15-17-5-3-2-4-6-17;/h2-10,18H,11-16H2,1H3,(H2,23,27)(H,24,25);1H. The lowest BCUT2D eigenvalue weighted by molar-refractivity contribution is 0.100. The molecule has 3 N–H and O–H groups in total. The number of amides is 1. The summed E-state index contributed by atoms with van der Waals surface area (Å²) in [6, 6.07) is 18.1. The highest BCUT2D eigenvalue weighted by molar-refractivity contribution is 14.0. The van der Waals surface area contributed by atoms with Gasteiger partial charge in [-0.15, -0.1) is 24.0 Å². The van der Waals surface area contributed by atoms with Crippen molar-refractivity contribution in [2.45, 2.75) is 25.8 Å². The van der Waals surface area contributed by atoms with Crippen LogP contribution in [0.25, 0.3) is 0 Å². The highest BCUT2D eigenvalue weighted by Gasteiger charge is 2.21. The van der Waals surface area contributed by atoms with Gasteiger partial charge in [-0.2, -0.15) is 0 Å². The number of aliphatic imine (C=N–C) groups is 1. The van der Waals surface area contributed by atoms with Crippen molar-refractivity contribution in [1.82, 2.24) is 10.2 Å². The first-order valence-corrected chi connectivity index (χ1v) is 9.54. The highest BCUT2D eigenvalue weighted by Crippen LogP contribution is 2.21. The van der Waals surface area contributed by atoms with Crippen LogP contribution in [0.3, 0.4) is 0 Å². The second kappa shape index (κ2) is 11.0. The number of carbonyl (C=O) groups is 1. The number of nitrogens with two attached hydrogens (primary N) is 1. The Morgan fingerprint density at radius 2 is 1.71 bits per heavy atom. The molecule has 3 rings (SSSR count). The van der Waals surface area contributed by atoms with Gasteiger partial charge in [0.25, 0.3) is 0 Å². The second-order valence-electron chi connectivity index (χ2n) is 7.08. The van der Waals surface area contributed by atoms with Gasteiger partial charge in [0, 0.05) is 32.2 Å². The summed E-state index contributed by atoms with van der Waals surface area (Å²) in [6.45, 7) is 2.73. The van der Waals surface area contributed by atoms with Gasteiger partial charge in [0.15, 0.2) is 5.96 Å². The van der Waals surface area contributed by atoms with Crippen LogP contribution in [0.1, 0.15) is 34.3 Å². The number of hydrogen-bond donors (Lipinski definition) is 2. The molecule has 0 bridgehead atoms. The average Bonchev–Trinajstić information content (AvgIpc) is 2.71. The van der Waals surface area contributed by atoms with Crippen molar-refractivity contribution in [1.29, 1.82) is 0 Å². The Hall–Kier alpha value is -2.09. The number of guanidine groups is 1. The van der Waals surface area contributed by atoms with Crippen LogP contribution in [0.5, 0.6) is 0 Å². The average molecular weight is 492 g/mol. The number of hydrogen-bond acceptors (Lipinski definition) is 2. The smallest absolute Gasteiger partial charge is 0.248 e. The van der Waals surface area contributed by atoms with Gasteiger partial charge in [0.05, 0.1) is 0 Å². The van der Waals surface area contributed by atoms with Gasteiger partial charge in [0.1, 0.15) is 0 Å². The molecule has 0 atom stereocenters. The van der Waals surface area contributed by atoms with E-state index in [0.717, 1.165) is 37.0 Å². The molecular formula is C22H29IN4O. The minimum absolute atomic E-state index is 0. The Labute approximate surface area is 184 Å². The third kappa shape index (κ3) is 6.22. The van der Waals surface area contributed by atoms with Crippen LogP contribution in [-0.4, -0.2) is 36.9 Å². The molecule has 1 heterocycles. The van der Waals surface area contributed by atoms with E-state index in [-0.39, 0.29) is 24.0 Å². The first-order chi connectivity index (χ1) is 13.2. The van der Waals surface area contributed by atoms with Crippen LogP contribution >= 0.6 is 24.0 Å². The summed E-state index contributed by atoms with van der Waals surface area (Å²) in [5.41, 5.74) is 8.34. The SMILES string of the molecule is CN=C(NCc1ccc(C(N)=O)cc1)N1CCC(Cc2ccccc2)CC1.I. The fourth-order valence-corrected chi connectivity index (χ4v) is 3.60. The molecule has 1 fully saturated rings. The van der Waals surface area contributed by atoms with Crippen LogP contribution in [0.2, 0.25) is 0 Å². The molecule has 1 amide bonds. The van der Waals surface area contributed by atoms with E-state index in [4.69, 9.17) is 5.73 Å². The van der Waals surface area contributed by atoms with Crippen molar-refractivity contribution < 1.29 is 4.79 Å². The predicted octanol–water partition coefficient (Wildman–Crippen LogP) is 3.43. The maximum atomic E-state index is 11.2. The third-order valence-electron chi connectivity index (χ3n) is 5.18. The number of nitrogens with zero attached hydrogens (tertiary/aromatic N) is 2. The molecule has 1 saturated heterocycles. The summed E-state index contributed by atoms with van der Waals surface area (Å²) >= 11 is 0. The van der Waals surface area contributed by atoms with Crippen LogP contribution < -0.4 is 11.1 Å². The number of primary amides is 1. The fraction of sp³-hybridized carbons (Fsp3) is 0.364. The predicted molar refractivity (Wildman–Crippen MR) is 125 cm³/mol. The van der Waals surface area contributed by atoms with Crippen molar-refractivity contribution in [3.63, 3.8) is 0 Å². The van der Waals surface area contributed by atoms with Gasteiger partial charge in [-0.25, -0.2) is 0 Å². The molecule has 2 aromatic rings. The van der Waals surface area contributed by atoms with E-state index in [2.05, 4.69) is 45.5 Å². The molecule has 0 saturated carbocycles. The van der Waals surface area contributed by atoms with Crippen LogP contribution in [0, 0.1) is 5.92 Å². The summed E-state index contributed by atoms with van der Waals surface area (Å²) in [4.78, 5) is 17.9. The van der Waals surface area contributed by atoms with E-state index in [9.17, 15) is 4.79 Å².